The Bertz CT molecular complexity index is 530. The monoisotopic (exact) mass is 289 g/mol. The maximum absolute atomic E-state index is 13.1. The zero-order valence-corrected chi connectivity index (χ0v) is 10.1. The molecule has 20 heavy (non-hydrogen) atoms. The standard InChI is InChI=1S/C11H10F3N3O3/c12-11(13,14)10(16-6-5-9(18)15-16)7-1-3-8(4-2-7)17(19)20/h1-4,10H,5-6H2,(H,15,18)/t10-/m0/s1. The number of hydrazine groups is 1. The fourth-order valence-corrected chi connectivity index (χ4v) is 2.01. The third-order valence-corrected chi connectivity index (χ3v) is 2.89. The Balaban J connectivity index is 2.32. The molecule has 2 rings (SSSR count). The Morgan fingerprint density at radius 2 is 1.90 bits per heavy atom. The molecule has 9 heteroatoms. The zero-order valence-electron chi connectivity index (χ0n) is 10.1. The molecule has 1 aromatic carbocycles. The molecule has 0 unspecified atom stereocenters. The van der Waals surface area contributed by atoms with Crippen LogP contribution in [-0.2, 0) is 4.79 Å². The highest BCUT2D eigenvalue weighted by Gasteiger charge is 2.46. The van der Waals surface area contributed by atoms with Gasteiger partial charge in [0, 0.05) is 25.1 Å². The fraction of sp³-hybridized carbons (Fsp3) is 0.364. The normalized spacial score (nSPS) is 17.9. The van der Waals surface area contributed by atoms with E-state index >= 15 is 0 Å². The van der Waals surface area contributed by atoms with Crippen molar-refractivity contribution in [1.29, 1.82) is 0 Å². The number of carbonyl (C=O) groups excluding carboxylic acids is 1. The highest BCUT2D eigenvalue weighted by molar-refractivity contribution is 5.77. The van der Waals surface area contributed by atoms with Crippen LogP contribution in [0.2, 0.25) is 0 Å². The molecule has 0 radical (unpaired) electrons. The summed E-state index contributed by atoms with van der Waals surface area (Å²) in [6.45, 7) is -0.0694. The summed E-state index contributed by atoms with van der Waals surface area (Å²) >= 11 is 0. The van der Waals surface area contributed by atoms with E-state index in [0.717, 1.165) is 29.3 Å². The van der Waals surface area contributed by atoms with Crippen molar-refractivity contribution < 1.29 is 22.9 Å². The van der Waals surface area contributed by atoms with Gasteiger partial charge in [-0.1, -0.05) is 12.1 Å². The summed E-state index contributed by atoms with van der Waals surface area (Å²) in [5.74, 6) is -0.485. The largest absolute Gasteiger partial charge is 0.409 e. The van der Waals surface area contributed by atoms with Gasteiger partial charge in [0.15, 0.2) is 0 Å². The molecule has 0 spiro atoms. The van der Waals surface area contributed by atoms with Crippen LogP contribution in [0.5, 0.6) is 0 Å². The Labute approximate surface area is 111 Å². The Morgan fingerprint density at radius 1 is 1.30 bits per heavy atom. The van der Waals surface area contributed by atoms with E-state index < -0.39 is 23.0 Å². The minimum atomic E-state index is -4.60. The van der Waals surface area contributed by atoms with Crippen molar-refractivity contribution in [3.63, 3.8) is 0 Å². The minimum Gasteiger partial charge on any atom is -0.288 e. The average molecular weight is 289 g/mol. The van der Waals surface area contributed by atoms with Gasteiger partial charge in [-0.05, 0) is 5.56 Å². The van der Waals surface area contributed by atoms with Crippen molar-refractivity contribution in [3.8, 4) is 0 Å². The molecule has 108 valence electrons. The van der Waals surface area contributed by atoms with Crippen LogP contribution < -0.4 is 5.43 Å². The number of hydrogen-bond donors (Lipinski definition) is 1. The molecule has 1 atom stereocenters. The maximum atomic E-state index is 13.1. The van der Waals surface area contributed by atoms with E-state index in [1.54, 1.807) is 0 Å². The molecule has 1 saturated heterocycles. The van der Waals surface area contributed by atoms with E-state index in [2.05, 4.69) is 5.43 Å². The van der Waals surface area contributed by atoms with Crippen molar-refractivity contribution in [2.45, 2.75) is 18.6 Å². The highest BCUT2D eigenvalue weighted by Crippen LogP contribution is 2.38. The number of non-ortho nitro benzene ring substituents is 1. The third-order valence-electron chi connectivity index (χ3n) is 2.89. The SMILES string of the molecule is O=C1CCN([C@@H](c2ccc([N+](=O)[O-])cc2)C(F)(F)F)N1. The molecular weight excluding hydrogens is 279 g/mol. The molecule has 0 saturated carbocycles. The lowest BCUT2D eigenvalue weighted by molar-refractivity contribution is -0.384. The van der Waals surface area contributed by atoms with Crippen LogP contribution in [-0.4, -0.2) is 28.6 Å². The number of halogens is 3. The molecule has 1 N–H and O–H groups in total. The van der Waals surface area contributed by atoms with Crippen LogP contribution in [0.4, 0.5) is 18.9 Å². The smallest absolute Gasteiger partial charge is 0.288 e. The summed E-state index contributed by atoms with van der Waals surface area (Å²) in [6, 6.07) is 2.08. The molecular formula is C11H10F3N3O3. The van der Waals surface area contributed by atoms with Gasteiger partial charge in [-0.15, -0.1) is 0 Å². The molecule has 1 aliphatic heterocycles. The number of rotatable bonds is 3. The van der Waals surface area contributed by atoms with Crippen molar-refractivity contribution in [3.05, 3.63) is 39.9 Å². The summed E-state index contributed by atoms with van der Waals surface area (Å²) in [5, 5.41) is 11.3. The van der Waals surface area contributed by atoms with Gasteiger partial charge < -0.3 is 0 Å². The number of nitrogens with one attached hydrogen (secondary N) is 1. The number of nitro benzene ring substituents is 1. The lowest BCUT2D eigenvalue weighted by Gasteiger charge is -2.29. The first-order chi connectivity index (χ1) is 9.29. The van der Waals surface area contributed by atoms with Crippen molar-refractivity contribution in [2.24, 2.45) is 0 Å². The van der Waals surface area contributed by atoms with Crippen molar-refractivity contribution >= 4 is 11.6 Å². The average Bonchev–Trinajstić information content (AvgIpc) is 2.74. The molecule has 1 aliphatic rings. The summed E-state index contributed by atoms with van der Waals surface area (Å²) in [7, 11) is 0. The summed E-state index contributed by atoms with van der Waals surface area (Å²) in [4.78, 5) is 20.9. The van der Waals surface area contributed by atoms with Crippen molar-refractivity contribution in [1.82, 2.24) is 10.4 Å². The molecule has 6 nitrogen and oxygen atoms in total. The molecule has 1 fully saturated rings. The van der Waals surface area contributed by atoms with Crippen molar-refractivity contribution in [2.75, 3.05) is 6.54 Å². The first kappa shape index (κ1) is 14.3. The van der Waals surface area contributed by atoms with Gasteiger partial charge in [0.2, 0.25) is 5.91 Å². The number of nitrogens with zero attached hydrogens (tertiary/aromatic N) is 2. The number of benzene rings is 1. The van der Waals surface area contributed by atoms with Crippen LogP contribution in [0.25, 0.3) is 0 Å². The Hall–Kier alpha value is -2.16. The lowest BCUT2D eigenvalue weighted by Crippen LogP contribution is -2.43. The van der Waals surface area contributed by atoms with E-state index in [-0.39, 0.29) is 24.2 Å². The lowest BCUT2D eigenvalue weighted by atomic mass is 10.1. The van der Waals surface area contributed by atoms with Gasteiger partial charge in [-0.2, -0.15) is 13.2 Å². The van der Waals surface area contributed by atoms with Crippen LogP contribution in [0.3, 0.4) is 0 Å². The van der Waals surface area contributed by atoms with E-state index in [4.69, 9.17) is 0 Å². The van der Waals surface area contributed by atoms with Gasteiger partial charge in [0.25, 0.3) is 5.69 Å². The topological polar surface area (TPSA) is 75.5 Å². The summed E-state index contributed by atoms with van der Waals surface area (Å²) in [6.07, 6.45) is -4.62. The first-order valence-corrected chi connectivity index (χ1v) is 5.66. The second kappa shape index (κ2) is 5.08. The maximum Gasteiger partial charge on any atom is 0.409 e. The van der Waals surface area contributed by atoms with Gasteiger partial charge in [-0.3, -0.25) is 20.3 Å². The third kappa shape index (κ3) is 2.87. The van der Waals surface area contributed by atoms with Crippen LogP contribution in [0, 0.1) is 10.1 Å². The quantitative estimate of drug-likeness (QED) is 0.681. The molecule has 1 amide bonds. The van der Waals surface area contributed by atoms with E-state index in [9.17, 15) is 28.1 Å². The Kier molecular flexibility index (Phi) is 3.62. The number of amides is 1. The number of nitro groups is 1. The minimum absolute atomic E-state index is 0.0143. The highest BCUT2D eigenvalue weighted by atomic mass is 19.4. The van der Waals surface area contributed by atoms with Gasteiger partial charge in [0.05, 0.1) is 4.92 Å². The molecule has 1 aromatic rings. The van der Waals surface area contributed by atoms with Crippen LogP contribution in [0.15, 0.2) is 24.3 Å². The molecule has 0 aromatic heterocycles. The number of alkyl halides is 3. The first-order valence-electron chi connectivity index (χ1n) is 5.66. The molecule has 0 bridgehead atoms. The number of carbonyl (C=O) groups is 1. The van der Waals surface area contributed by atoms with E-state index in [1.807, 2.05) is 0 Å². The van der Waals surface area contributed by atoms with E-state index in [0.29, 0.717) is 0 Å². The summed E-state index contributed by atoms with van der Waals surface area (Å²) < 4.78 is 39.4. The van der Waals surface area contributed by atoms with Gasteiger partial charge in [-0.25, -0.2) is 5.01 Å². The predicted molar refractivity (Wildman–Crippen MR) is 61.4 cm³/mol. The molecule has 0 aliphatic carbocycles. The van der Waals surface area contributed by atoms with Crippen LogP contribution >= 0.6 is 0 Å². The summed E-state index contributed by atoms with van der Waals surface area (Å²) in [5.41, 5.74) is 1.68. The second-order valence-electron chi connectivity index (χ2n) is 4.27. The predicted octanol–water partition coefficient (Wildman–Crippen LogP) is 1.94. The van der Waals surface area contributed by atoms with Crippen LogP contribution in [0.1, 0.15) is 18.0 Å². The second-order valence-corrected chi connectivity index (χ2v) is 4.27. The van der Waals surface area contributed by atoms with Gasteiger partial charge >= 0.3 is 6.18 Å². The van der Waals surface area contributed by atoms with E-state index in [1.165, 1.54) is 0 Å². The molecule has 1 heterocycles. The fourth-order valence-electron chi connectivity index (χ4n) is 2.01. The number of hydrogen-bond acceptors (Lipinski definition) is 4. The van der Waals surface area contributed by atoms with Gasteiger partial charge in [0.1, 0.15) is 6.04 Å². The Morgan fingerprint density at radius 3 is 2.30 bits per heavy atom. The zero-order chi connectivity index (χ0) is 14.9.